The van der Waals surface area contributed by atoms with Crippen molar-refractivity contribution in [1.82, 2.24) is 0 Å². The molecule has 3 heteroatoms. The fraction of sp³-hybridized carbons (Fsp3) is 1.00. The number of halogens is 1. The van der Waals surface area contributed by atoms with Crippen molar-refractivity contribution in [2.24, 2.45) is 0 Å². The van der Waals surface area contributed by atoms with E-state index in [2.05, 4.69) is 41.1 Å². The first-order chi connectivity index (χ1) is 1.73. The van der Waals surface area contributed by atoms with E-state index in [1.807, 2.05) is 0 Å². The highest BCUT2D eigenvalue weighted by Crippen LogP contribution is 2.15. The van der Waals surface area contributed by atoms with Gasteiger partial charge < -0.3 is 0 Å². The smallest absolute Gasteiger partial charge is 0.0392 e. The molecule has 0 aliphatic carbocycles. The molecule has 4 heavy (non-hydrogen) atoms. The van der Waals surface area contributed by atoms with Gasteiger partial charge in [0, 0.05) is 3.41 Å². The van der Waals surface area contributed by atoms with Crippen molar-refractivity contribution in [2.75, 3.05) is 0 Å². The van der Waals surface area contributed by atoms with Crippen LogP contribution < -0.4 is 0 Å². The van der Waals surface area contributed by atoms with Crippen LogP contribution in [0.4, 0.5) is 0 Å². The topological polar surface area (TPSA) is 0 Å². The van der Waals surface area contributed by atoms with Crippen LogP contribution in [0.1, 0.15) is 0 Å². The van der Waals surface area contributed by atoms with E-state index < -0.39 is 0 Å². The molecule has 0 aliphatic heterocycles. The lowest BCUT2D eigenvalue weighted by molar-refractivity contribution is 2.22. The summed E-state index contributed by atoms with van der Waals surface area (Å²) < 4.78 is 0.637. The normalized spacial score (nSPS) is 9.00. The maximum absolute atomic E-state index is 2.61. The highest BCUT2D eigenvalue weighted by molar-refractivity contribution is 14.1. The predicted molar refractivity (Wildman–Crippen MR) is 37.2 cm³/mol. The van der Waals surface area contributed by atoms with Crippen molar-refractivity contribution in [3.05, 3.63) is 0 Å². The Kier molecular flexibility index (Phi) is 3.92. The van der Waals surface area contributed by atoms with Crippen molar-refractivity contribution in [3.8, 4) is 0 Å². The third-order valence-electron chi connectivity index (χ3n) is 0. The maximum atomic E-state index is 2.61. The summed E-state index contributed by atoms with van der Waals surface area (Å²) in [5.74, 6) is 0. The van der Waals surface area contributed by atoms with Crippen molar-refractivity contribution < 1.29 is 0 Å². The van der Waals surface area contributed by atoms with Gasteiger partial charge in [0.2, 0.25) is 0 Å². The Morgan fingerprint density at radius 1 is 1.50 bits per heavy atom. The molecule has 26 valence electrons. The van der Waals surface area contributed by atoms with Gasteiger partial charge in [-0.3, -0.25) is 0 Å². The lowest BCUT2D eigenvalue weighted by Gasteiger charge is -1.77. The van der Waals surface area contributed by atoms with Gasteiger partial charge in [-0.1, -0.05) is 22.6 Å². The number of hydrogen-bond donors (Lipinski definition) is 0. The second-order valence-electron chi connectivity index (χ2n) is 0.444. The summed E-state index contributed by atoms with van der Waals surface area (Å²) >= 11 is 2.27. The van der Waals surface area contributed by atoms with Gasteiger partial charge in [-0.15, -0.1) is 18.5 Å². The zero-order chi connectivity index (χ0) is 3.58. The maximum Gasteiger partial charge on any atom is 0.0392 e. The first kappa shape index (κ1) is 5.59. The Morgan fingerprint density at radius 2 is 1.50 bits per heavy atom. The highest BCUT2D eigenvalue weighted by Gasteiger charge is 1.70. The van der Waals surface area contributed by atoms with Crippen LogP contribution in [0.3, 0.4) is 0 Å². The van der Waals surface area contributed by atoms with Gasteiger partial charge in [0.25, 0.3) is 0 Å². The zero-order valence-electron chi connectivity index (χ0n) is 2.11. The Balaban J connectivity index is 2.32. The molecule has 0 saturated carbocycles. The quantitative estimate of drug-likeness (QED) is 0.319. The molecule has 2 unspecified atom stereocenters. The van der Waals surface area contributed by atoms with Gasteiger partial charge in [-0.25, -0.2) is 0 Å². The van der Waals surface area contributed by atoms with E-state index in [4.69, 9.17) is 0 Å². The van der Waals surface area contributed by atoms with Crippen LogP contribution in [0.2, 0.25) is 0 Å². The van der Waals surface area contributed by atoms with Gasteiger partial charge in [0.1, 0.15) is 0 Å². The Bertz CT molecular complexity index is 10.8. The summed E-state index contributed by atoms with van der Waals surface area (Å²) in [6.07, 6.45) is 0. The summed E-state index contributed by atoms with van der Waals surface area (Å²) in [6, 6.07) is 0. The summed E-state index contributed by atoms with van der Waals surface area (Å²) in [4.78, 5) is 0. The molecule has 0 spiro atoms. The second kappa shape index (κ2) is 2.81. The zero-order valence-corrected chi connectivity index (χ0v) is 6.58. The lowest BCUT2D eigenvalue weighted by Crippen LogP contribution is -1.48. The summed E-state index contributed by atoms with van der Waals surface area (Å²) in [5.41, 5.74) is 0. The van der Waals surface area contributed by atoms with Gasteiger partial charge in [0.05, 0.1) is 0 Å². The first-order valence-corrected chi connectivity index (χ1v) is 3.46. The minimum Gasteiger partial charge on any atom is -0.120 e. The van der Waals surface area contributed by atoms with Crippen LogP contribution in [0, 0.1) is 0 Å². The van der Waals surface area contributed by atoms with E-state index in [1.165, 1.54) is 0 Å². The van der Waals surface area contributed by atoms with Crippen LogP contribution in [-0.4, -0.2) is 3.41 Å². The molecule has 0 N–H and O–H groups in total. The van der Waals surface area contributed by atoms with Crippen molar-refractivity contribution in [3.63, 3.8) is 0 Å². The molecule has 0 bridgehead atoms. The van der Waals surface area contributed by atoms with E-state index in [9.17, 15) is 0 Å². The van der Waals surface area contributed by atoms with Gasteiger partial charge in [0.15, 0.2) is 0 Å². The van der Waals surface area contributed by atoms with E-state index in [0.717, 1.165) is 0 Å². The van der Waals surface area contributed by atoms with Crippen LogP contribution in [0.25, 0.3) is 0 Å². The fourth-order valence-electron chi connectivity index (χ4n) is 0. The third-order valence-corrected chi connectivity index (χ3v) is 0. The molecule has 0 rings (SSSR count). The van der Waals surface area contributed by atoms with Gasteiger partial charge in [-0.05, 0) is 0 Å². The minimum absolute atomic E-state index is 0.637. The van der Waals surface area contributed by atoms with Crippen molar-refractivity contribution in [2.45, 2.75) is 3.41 Å². The summed E-state index contributed by atoms with van der Waals surface area (Å²) in [6.45, 7) is 0. The first-order valence-electron chi connectivity index (χ1n) is 0.885. The summed E-state index contributed by atoms with van der Waals surface area (Å²) in [5, 5.41) is 0. The molecule has 0 nitrogen and oxygen atoms in total. The molecule has 0 aromatic carbocycles. The van der Waals surface area contributed by atoms with E-state index in [1.54, 1.807) is 0 Å². The third kappa shape index (κ3) is 9.53. The highest BCUT2D eigenvalue weighted by atomic mass is 127. The van der Waals surface area contributed by atoms with Crippen LogP contribution in [-0.2, 0) is 0 Å². The molecule has 0 radical (unpaired) electrons. The van der Waals surface area contributed by atoms with Crippen molar-refractivity contribution >= 4 is 41.1 Å². The fourth-order valence-corrected chi connectivity index (χ4v) is 0. The van der Waals surface area contributed by atoms with Crippen LogP contribution in [0.5, 0.6) is 0 Å². The molecule has 0 heterocycles. The van der Waals surface area contributed by atoms with E-state index in [-0.39, 0.29) is 0 Å². The molecule has 0 saturated heterocycles. The summed E-state index contributed by atoms with van der Waals surface area (Å²) in [7, 11) is 5.21. The lowest BCUT2D eigenvalue weighted by atomic mass is 11.9. The average Bonchev–Trinajstić information content (AvgIpc) is 0.811. The van der Waals surface area contributed by atoms with Crippen LogP contribution in [0.15, 0.2) is 0 Å². The van der Waals surface area contributed by atoms with Gasteiger partial charge >= 0.3 is 0 Å². The number of hydrogen-bond acceptors (Lipinski definition) is 0. The average molecular weight is 206 g/mol. The SMILES string of the molecule is PC(P)I. The minimum atomic E-state index is 0.637. The van der Waals surface area contributed by atoms with Crippen molar-refractivity contribution in [1.29, 1.82) is 0 Å². The van der Waals surface area contributed by atoms with E-state index in [0.29, 0.717) is 3.41 Å². The molecule has 0 fully saturated rings. The molecular weight excluding hydrogens is 201 g/mol. The molecule has 0 aliphatic rings. The monoisotopic (exact) mass is 206 g/mol. The largest absolute Gasteiger partial charge is 0.120 e. The molecule has 0 amide bonds. The molecular formula is CH5IP2. The van der Waals surface area contributed by atoms with E-state index >= 15 is 0 Å². The molecule has 2 atom stereocenters. The standard InChI is InChI=1S/CH5IP2/c2-1(3)4/h1H,3-4H2. The molecule has 0 aromatic rings. The number of rotatable bonds is 0. The Morgan fingerprint density at radius 3 is 1.50 bits per heavy atom. The van der Waals surface area contributed by atoms with Crippen LogP contribution >= 0.6 is 41.1 Å². The second-order valence-corrected chi connectivity index (χ2v) is 6.80. The Labute approximate surface area is 44.7 Å². The Hall–Kier alpha value is 1.59. The van der Waals surface area contributed by atoms with Gasteiger partial charge in [-0.2, -0.15) is 0 Å². The predicted octanol–water partition coefficient (Wildman–Crippen LogP) is 1.46. The number of alkyl halides is 1. The molecule has 0 aromatic heterocycles.